The summed E-state index contributed by atoms with van der Waals surface area (Å²) in [5.74, 6) is 0.112. The van der Waals surface area contributed by atoms with Crippen LogP contribution in [0.1, 0.15) is 30.9 Å². The second-order valence-electron chi connectivity index (χ2n) is 6.29. The Balaban J connectivity index is 1.64. The number of halogens is 2. The molecule has 1 amide bonds. The van der Waals surface area contributed by atoms with Gasteiger partial charge in [-0.2, -0.15) is 0 Å². The first-order valence-electron chi connectivity index (χ1n) is 7.81. The number of hydrogen-bond donors (Lipinski definition) is 1. The Bertz CT molecular complexity index is 690. The minimum absolute atomic E-state index is 0.0773. The van der Waals surface area contributed by atoms with E-state index in [2.05, 4.69) is 5.32 Å². The van der Waals surface area contributed by atoms with Crippen LogP contribution in [0.2, 0.25) is 10.0 Å². The third-order valence-corrected chi connectivity index (χ3v) is 4.92. The summed E-state index contributed by atoms with van der Waals surface area (Å²) >= 11 is 11.8. The normalized spacial score (nSPS) is 16.7. The smallest absolute Gasteiger partial charge is 0.230 e. The first-order chi connectivity index (χ1) is 11.0. The van der Waals surface area contributed by atoms with Gasteiger partial charge in [0.05, 0.1) is 5.41 Å². The van der Waals surface area contributed by atoms with Crippen molar-refractivity contribution in [3.8, 4) is 0 Å². The number of hydrogen-bond acceptors (Lipinski definition) is 1. The highest BCUT2D eigenvalue weighted by Gasteiger charge is 2.51. The van der Waals surface area contributed by atoms with Crippen molar-refractivity contribution in [2.24, 2.45) is 0 Å². The van der Waals surface area contributed by atoms with E-state index in [9.17, 15) is 4.79 Å². The first-order valence-corrected chi connectivity index (χ1v) is 8.57. The fourth-order valence-electron chi connectivity index (χ4n) is 2.93. The van der Waals surface area contributed by atoms with E-state index in [1.165, 1.54) is 5.56 Å². The van der Waals surface area contributed by atoms with E-state index in [1.54, 1.807) is 0 Å². The molecule has 1 N–H and O–H groups in total. The van der Waals surface area contributed by atoms with E-state index in [4.69, 9.17) is 23.2 Å². The largest absolute Gasteiger partial charge is 0.353 e. The highest BCUT2D eigenvalue weighted by Crippen LogP contribution is 2.48. The number of rotatable bonds is 5. The van der Waals surface area contributed by atoms with Gasteiger partial charge in [-0.3, -0.25) is 4.79 Å². The van der Waals surface area contributed by atoms with Crippen LogP contribution in [-0.4, -0.2) is 11.9 Å². The van der Waals surface area contributed by atoms with Gasteiger partial charge in [0.2, 0.25) is 5.91 Å². The Hall–Kier alpha value is -1.51. The summed E-state index contributed by atoms with van der Waals surface area (Å²) < 4.78 is 0. The van der Waals surface area contributed by atoms with Crippen LogP contribution in [-0.2, 0) is 16.6 Å². The molecule has 120 valence electrons. The van der Waals surface area contributed by atoms with Crippen molar-refractivity contribution >= 4 is 29.1 Å². The molecule has 0 saturated heterocycles. The highest BCUT2D eigenvalue weighted by molar-refractivity contribution is 6.30. The molecule has 1 aliphatic rings. The predicted molar refractivity (Wildman–Crippen MR) is 95.1 cm³/mol. The molecule has 2 aromatic rings. The lowest BCUT2D eigenvalue weighted by molar-refractivity contribution is -0.124. The molecule has 0 bridgehead atoms. The molecule has 0 heterocycles. The quantitative estimate of drug-likeness (QED) is 0.828. The van der Waals surface area contributed by atoms with Crippen molar-refractivity contribution in [2.45, 2.75) is 37.6 Å². The zero-order valence-electron chi connectivity index (χ0n) is 13.0. The van der Waals surface area contributed by atoms with E-state index < -0.39 is 0 Å². The van der Waals surface area contributed by atoms with Gasteiger partial charge in [-0.1, -0.05) is 47.5 Å². The summed E-state index contributed by atoms with van der Waals surface area (Å²) in [6.45, 7) is 2.03. The minimum atomic E-state index is -0.362. The second-order valence-corrected chi connectivity index (χ2v) is 7.17. The summed E-state index contributed by atoms with van der Waals surface area (Å²) in [6.07, 6.45) is 2.59. The van der Waals surface area contributed by atoms with Crippen molar-refractivity contribution in [3.63, 3.8) is 0 Å². The van der Waals surface area contributed by atoms with Crippen LogP contribution < -0.4 is 5.32 Å². The molecule has 23 heavy (non-hydrogen) atoms. The van der Waals surface area contributed by atoms with Crippen molar-refractivity contribution in [1.82, 2.24) is 5.32 Å². The van der Waals surface area contributed by atoms with Crippen LogP contribution >= 0.6 is 23.2 Å². The standard InChI is InChI=1S/C19H19Cl2NO/c1-13(12-14-2-6-16(20)7-3-14)22-18(23)19(10-11-19)15-4-8-17(21)9-5-15/h2-9,13H,10-12H2,1H3,(H,22,23). The molecule has 0 aliphatic heterocycles. The summed E-state index contributed by atoms with van der Waals surface area (Å²) in [7, 11) is 0. The SMILES string of the molecule is CC(Cc1ccc(Cl)cc1)NC(=O)C1(c2ccc(Cl)cc2)CC1. The Morgan fingerprint density at radius 3 is 2.09 bits per heavy atom. The maximum absolute atomic E-state index is 12.7. The van der Waals surface area contributed by atoms with Crippen LogP contribution in [0.25, 0.3) is 0 Å². The third-order valence-electron chi connectivity index (χ3n) is 4.41. The summed E-state index contributed by atoms with van der Waals surface area (Å²) in [5, 5.41) is 4.58. The highest BCUT2D eigenvalue weighted by atomic mass is 35.5. The van der Waals surface area contributed by atoms with Crippen molar-refractivity contribution in [1.29, 1.82) is 0 Å². The fourth-order valence-corrected chi connectivity index (χ4v) is 3.18. The molecule has 2 aromatic carbocycles. The van der Waals surface area contributed by atoms with Gasteiger partial charge in [0.25, 0.3) is 0 Å². The summed E-state index contributed by atoms with van der Waals surface area (Å²) in [6, 6.07) is 15.4. The second kappa shape index (κ2) is 6.54. The molecule has 4 heteroatoms. The molecule has 0 spiro atoms. The van der Waals surface area contributed by atoms with Crippen molar-refractivity contribution in [3.05, 3.63) is 69.7 Å². The Kier molecular flexibility index (Phi) is 4.65. The fraction of sp³-hybridized carbons (Fsp3) is 0.316. The number of carbonyl (C=O) groups is 1. The van der Waals surface area contributed by atoms with E-state index >= 15 is 0 Å². The van der Waals surface area contributed by atoms with Gasteiger partial charge < -0.3 is 5.32 Å². The number of carbonyl (C=O) groups excluding carboxylic acids is 1. The lowest BCUT2D eigenvalue weighted by Crippen LogP contribution is -2.41. The zero-order valence-corrected chi connectivity index (χ0v) is 14.5. The number of nitrogens with one attached hydrogen (secondary N) is 1. The van der Waals surface area contributed by atoms with E-state index in [-0.39, 0.29) is 17.4 Å². The van der Waals surface area contributed by atoms with Gasteiger partial charge in [-0.05, 0) is 61.6 Å². The predicted octanol–water partition coefficient (Wildman–Crippen LogP) is 4.77. The van der Waals surface area contributed by atoms with Crippen LogP contribution in [0.4, 0.5) is 0 Å². The maximum Gasteiger partial charge on any atom is 0.230 e. The molecule has 1 saturated carbocycles. The molecule has 3 rings (SSSR count). The first kappa shape index (κ1) is 16.4. The molecule has 2 nitrogen and oxygen atoms in total. The molecule has 1 unspecified atom stereocenters. The van der Waals surface area contributed by atoms with Crippen LogP contribution in [0, 0.1) is 0 Å². The Labute approximate surface area is 146 Å². The van der Waals surface area contributed by atoms with Gasteiger partial charge in [0, 0.05) is 16.1 Å². The maximum atomic E-state index is 12.7. The number of benzene rings is 2. The Morgan fingerprint density at radius 1 is 1.04 bits per heavy atom. The average Bonchev–Trinajstić information content (AvgIpc) is 3.32. The molecule has 0 aromatic heterocycles. The molecule has 1 atom stereocenters. The van der Waals surface area contributed by atoms with Crippen LogP contribution in [0.15, 0.2) is 48.5 Å². The van der Waals surface area contributed by atoms with E-state index in [1.807, 2.05) is 55.5 Å². The Morgan fingerprint density at radius 2 is 1.57 bits per heavy atom. The number of amides is 1. The molecular weight excluding hydrogens is 329 g/mol. The monoisotopic (exact) mass is 347 g/mol. The molecule has 1 aliphatic carbocycles. The van der Waals surface area contributed by atoms with Gasteiger partial charge in [0.15, 0.2) is 0 Å². The topological polar surface area (TPSA) is 29.1 Å². The van der Waals surface area contributed by atoms with Gasteiger partial charge in [0.1, 0.15) is 0 Å². The van der Waals surface area contributed by atoms with Gasteiger partial charge in [-0.15, -0.1) is 0 Å². The zero-order chi connectivity index (χ0) is 16.4. The van der Waals surface area contributed by atoms with Crippen molar-refractivity contribution in [2.75, 3.05) is 0 Å². The third kappa shape index (κ3) is 3.70. The summed E-state index contributed by atoms with van der Waals surface area (Å²) in [5.41, 5.74) is 1.86. The van der Waals surface area contributed by atoms with Crippen molar-refractivity contribution < 1.29 is 4.79 Å². The van der Waals surface area contributed by atoms with Gasteiger partial charge in [-0.25, -0.2) is 0 Å². The average molecular weight is 348 g/mol. The van der Waals surface area contributed by atoms with Crippen LogP contribution in [0.5, 0.6) is 0 Å². The van der Waals surface area contributed by atoms with E-state index in [0.29, 0.717) is 5.02 Å². The van der Waals surface area contributed by atoms with Gasteiger partial charge >= 0.3 is 0 Å². The van der Waals surface area contributed by atoms with Crippen LogP contribution in [0.3, 0.4) is 0 Å². The minimum Gasteiger partial charge on any atom is -0.353 e. The lowest BCUT2D eigenvalue weighted by atomic mass is 9.94. The molecular formula is C19H19Cl2NO. The van der Waals surface area contributed by atoms with E-state index in [0.717, 1.165) is 29.8 Å². The summed E-state index contributed by atoms with van der Waals surface area (Å²) in [4.78, 5) is 12.7. The molecule has 1 fully saturated rings. The lowest BCUT2D eigenvalue weighted by Gasteiger charge is -2.20. The molecule has 0 radical (unpaired) electrons.